The lowest BCUT2D eigenvalue weighted by molar-refractivity contribution is 1.11. The van der Waals surface area contributed by atoms with E-state index < -0.39 is 0 Å². The second-order valence-electron chi connectivity index (χ2n) is 9.40. The van der Waals surface area contributed by atoms with E-state index in [0.29, 0.717) is 0 Å². The fraction of sp³-hybridized carbons (Fsp3) is 0.189. The van der Waals surface area contributed by atoms with Gasteiger partial charge in [0.2, 0.25) is 0 Å². The van der Waals surface area contributed by atoms with Crippen LogP contribution in [0, 0.1) is 0 Å². The van der Waals surface area contributed by atoms with Crippen LogP contribution in [-0.4, -0.2) is 0 Å². The summed E-state index contributed by atoms with van der Waals surface area (Å²) < 4.78 is 0. The molecule has 2 aromatic rings. The standard InChI is InChI=1S/C37H41N/c1-8-17-35-31(11-4)27-37(36(18-9-2)34(35)12-5)38(33-21-14-13-15-22-33)29(7)24-26-30(10-3)32-20-16-19-28(6)23-25-32/h8-9,11-18,20-27H,4-5,10,19H2,1-3,6-7H3/b17-8-,18-9-,29-24+,30-26+. The van der Waals surface area contributed by atoms with Crippen LogP contribution in [0.3, 0.4) is 0 Å². The number of hydrogen-bond acceptors (Lipinski definition) is 1. The molecule has 0 fully saturated rings. The quantitative estimate of drug-likeness (QED) is 0.294. The summed E-state index contributed by atoms with van der Waals surface area (Å²) in [5, 5.41) is 0. The summed E-state index contributed by atoms with van der Waals surface area (Å²) in [6.07, 6.45) is 27.8. The van der Waals surface area contributed by atoms with Gasteiger partial charge in [0, 0.05) is 16.9 Å². The molecule has 194 valence electrons. The molecule has 0 heterocycles. The molecule has 0 saturated carbocycles. The van der Waals surface area contributed by atoms with E-state index in [1.165, 1.54) is 16.7 Å². The molecule has 1 heteroatoms. The van der Waals surface area contributed by atoms with Crippen molar-refractivity contribution in [3.63, 3.8) is 0 Å². The molecule has 0 spiro atoms. The van der Waals surface area contributed by atoms with Crippen molar-refractivity contribution in [3.8, 4) is 0 Å². The first-order valence-corrected chi connectivity index (χ1v) is 13.5. The molecule has 0 aromatic heterocycles. The van der Waals surface area contributed by atoms with Crippen LogP contribution in [0.15, 0.2) is 121 Å². The van der Waals surface area contributed by atoms with Gasteiger partial charge in [-0.3, -0.25) is 0 Å². The van der Waals surface area contributed by atoms with Crippen molar-refractivity contribution in [1.29, 1.82) is 0 Å². The van der Waals surface area contributed by atoms with E-state index in [0.717, 1.165) is 52.2 Å². The van der Waals surface area contributed by atoms with Gasteiger partial charge in [0.15, 0.2) is 0 Å². The Labute approximate surface area is 230 Å². The smallest absolute Gasteiger partial charge is 0.0542 e. The number of rotatable bonds is 10. The Balaban J connectivity index is 2.28. The van der Waals surface area contributed by atoms with Gasteiger partial charge < -0.3 is 4.90 Å². The summed E-state index contributed by atoms with van der Waals surface area (Å²) in [6, 6.07) is 12.8. The van der Waals surface area contributed by atoms with Crippen molar-refractivity contribution >= 4 is 35.7 Å². The SMILES string of the molecule is C=Cc1cc(N(/C(C)=C/C=C(\CC)C2=CC=C(C)CC=C2)c2ccccc2)c(/C=C\C)c(C=C)c1/C=C\C. The third-order valence-electron chi connectivity index (χ3n) is 6.72. The molecular formula is C37H41N. The first-order chi connectivity index (χ1) is 18.5. The minimum absolute atomic E-state index is 0.960. The molecular weight excluding hydrogens is 458 g/mol. The Kier molecular flexibility index (Phi) is 10.5. The van der Waals surface area contributed by atoms with Gasteiger partial charge >= 0.3 is 0 Å². The van der Waals surface area contributed by atoms with Crippen molar-refractivity contribution in [2.45, 2.75) is 47.5 Å². The van der Waals surface area contributed by atoms with E-state index in [4.69, 9.17) is 0 Å². The molecule has 0 amide bonds. The average Bonchev–Trinajstić information content (AvgIpc) is 3.15. The van der Waals surface area contributed by atoms with Gasteiger partial charge in [-0.05, 0) is 92.6 Å². The zero-order valence-electron chi connectivity index (χ0n) is 23.7. The zero-order chi connectivity index (χ0) is 27.5. The third-order valence-corrected chi connectivity index (χ3v) is 6.72. The van der Waals surface area contributed by atoms with Crippen molar-refractivity contribution in [2.75, 3.05) is 4.90 Å². The maximum Gasteiger partial charge on any atom is 0.0542 e. The molecule has 3 rings (SSSR count). The van der Waals surface area contributed by atoms with E-state index in [1.807, 2.05) is 19.1 Å². The third kappa shape index (κ3) is 6.61. The summed E-state index contributed by atoms with van der Waals surface area (Å²) in [7, 11) is 0. The monoisotopic (exact) mass is 499 g/mol. The molecule has 0 bridgehead atoms. The molecule has 38 heavy (non-hydrogen) atoms. The predicted molar refractivity (Wildman–Crippen MR) is 172 cm³/mol. The molecule has 0 saturated heterocycles. The van der Waals surface area contributed by atoms with E-state index in [2.05, 4.69) is 143 Å². The number of nitrogens with zero attached hydrogens (tertiary/aromatic N) is 1. The fourth-order valence-electron chi connectivity index (χ4n) is 4.77. The van der Waals surface area contributed by atoms with Crippen LogP contribution in [-0.2, 0) is 0 Å². The largest absolute Gasteiger partial charge is 0.314 e. The molecule has 0 radical (unpaired) electrons. The van der Waals surface area contributed by atoms with Crippen molar-refractivity contribution < 1.29 is 0 Å². The van der Waals surface area contributed by atoms with Crippen LogP contribution in [0.5, 0.6) is 0 Å². The molecule has 0 aliphatic heterocycles. The van der Waals surface area contributed by atoms with E-state index in [9.17, 15) is 0 Å². The number of allylic oxidation sites excluding steroid dienone is 12. The van der Waals surface area contributed by atoms with Gasteiger partial charge in [0.05, 0.1) is 5.69 Å². The lowest BCUT2D eigenvalue weighted by atomic mass is 9.92. The van der Waals surface area contributed by atoms with Gasteiger partial charge in [-0.2, -0.15) is 0 Å². The highest BCUT2D eigenvalue weighted by Crippen LogP contribution is 2.39. The maximum absolute atomic E-state index is 4.18. The van der Waals surface area contributed by atoms with Crippen molar-refractivity contribution in [3.05, 3.63) is 143 Å². The van der Waals surface area contributed by atoms with Gasteiger partial charge in [-0.15, -0.1) is 0 Å². The molecule has 0 atom stereocenters. The molecule has 1 aliphatic carbocycles. The van der Waals surface area contributed by atoms with Crippen LogP contribution < -0.4 is 4.90 Å². The number of hydrogen-bond donors (Lipinski definition) is 0. The Bertz CT molecular complexity index is 1370. The highest BCUT2D eigenvalue weighted by Gasteiger charge is 2.19. The summed E-state index contributed by atoms with van der Waals surface area (Å²) in [5.74, 6) is 0. The Morgan fingerprint density at radius 2 is 1.63 bits per heavy atom. The van der Waals surface area contributed by atoms with Crippen molar-refractivity contribution in [1.82, 2.24) is 0 Å². The molecule has 1 aliphatic rings. The van der Waals surface area contributed by atoms with Crippen LogP contribution in [0.4, 0.5) is 11.4 Å². The van der Waals surface area contributed by atoms with Crippen molar-refractivity contribution in [2.24, 2.45) is 0 Å². The second-order valence-corrected chi connectivity index (χ2v) is 9.40. The number of anilines is 2. The Morgan fingerprint density at radius 1 is 0.921 bits per heavy atom. The Morgan fingerprint density at radius 3 is 2.26 bits per heavy atom. The Hall–Kier alpha value is -4.10. The van der Waals surface area contributed by atoms with Crippen LogP contribution >= 0.6 is 0 Å². The van der Waals surface area contributed by atoms with Crippen LogP contribution in [0.25, 0.3) is 24.3 Å². The predicted octanol–water partition coefficient (Wildman–Crippen LogP) is 11.2. The zero-order valence-corrected chi connectivity index (χ0v) is 23.7. The average molecular weight is 500 g/mol. The molecule has 1 nitrogen and oxygen atoms in total. The number of para-hydroxylation sites is 1. The summed E-state index contributed by atoms with van der Waals surface area (Å²) in [4.78, 5) is 2.33. The fourth-order valence-corrected chi connectivity index (χ4v) is 4.77. The molecule has 0 N–H and O–H groups in total. The minimum Gasteiger partial charge on any atom is -0.314 e. The highest BCUT2D eigenvalue weighted by molar-refractivity contribution is 5.89. The first-order valence-electron chi connectivity index (χ1n) is 13.5. The van der Waals surface area contributed by atoms with Gasteiger partial charge in [-0.25, -0.2) is 0 Å². The lowest BCUT2D eigenvalue weighted by Gasteiger charge is -2.30. The lowest BCUT2D eigenvalue weighted by Crippen LogP contribution is -2.16. The van der Waals surface area contributed by atoms with Crippen LogP contribution in [0.2, 0.25) is 0 Å². The van der Waals surface area contributed by atoms with Gasteiger partial charge in [-0.1, -0.05) is 111 Å². The van der Waals surface area contributed by atoms with Crippen LogP contribution in [0.1, 0.15) is 69.7 Å². The maximum atomic E-state index is 4.18. The van der Waals surface area contributed by atoms with E-state index in [1.54, 1.807) is 0 Å². The molecule has 2 aromatic carbocycles. The minimum atomic E-state index is 0.960. The number of benzene rings is 2. The molecule has 0 unspecified atom stereocenters. The van der Waals surface area contributed by atoms with Gasteiger partial charge in [0.25, 0.3) is 0 Å². The topological polar surface area (TPSA) is 3.24 Å². The van der Waals surface area contributed by atoms with E-state index in [-0.39, 0.29) is 0 Å². The normalized spacial score (nSPS) is 14.4. The van der Waals surface area contributed by atoms with E-state index >= 15 is 0 Å². The second kappa shape index (κ2) is 14.0. The van der Waals surface area contributed by atoms with Gasteiger partial charge in [0.1, 0.15) is 0 Å². The first kappa shape index (κ1) is 28.5. The summed E-state index contributed by atoms with van der Waals surface area (Å²) in [5.41, 5.74) is 11.7. The summed E-state index contributed by atoms with van der Waals surface area (Å²) >= 11 is 0. The summed E-state index contributed by atoms with van der Waals surface area (Å²) in [6.45, 7) is 19.0. The highest BCUT2D eigenvalue weighted by atomic mass is 15.1.